The predicted octanol–water partition coefficient (Wildman–Crippen LogP) is 3.94. The first-order chi connectivity index (χ1) is 9.73. The van der Waals surface area contributed by atoms with Crippen LogP contribution in [0.1, 0.15) is 39.3 Å². The summed E-state index contributed by atoms with van der Waals surface area (Å²) in [7, 11) is 0. The Morgan fingerprint density at radius 2 is 1.86 bits per heavy atom. The number of halogens is 3. The lowest BCUT2D eigenvalue weighted by Gasteiger charge is -2.22. The minimum absolute atomic E-state index is 0.0164. The van der Waals surface area contributed by atoms with E-state index < -0.39 is 11.9 Å². The van der Waals surface area contributed by atoms with Crippen LogP contribution in [-0.2, 0) is 4.79 Å². The molecule has 0 aromatic heterocycles. The third kappa shape index (κ3) is 5.13. The van der Waals surface area contributed by atoms with Crippen LogP contribution < -0.4 is 10.6 Å². The van der Waals surface area contributed by atoms with Gasteiger partial charge in [-0.3, -0.25) is 10.1 Å². The zero-order valence-electron chi connectivity index (χ0n) is 12.6. The molecule has 2 unspecified atom stereocenters. The molecule has 0 fully saturated rings. The summed E-state index contributed by atoms with van der Waals surface area (Å²) in [5.74, 6) is -0.258. The Hall–Kier alpha value is -0.840. The maximum atomic E-state index is 13.5. The van der Waals surface area contributed by atoms with E-state index in [4.69, 9.17) is 23.2 Å². The quantitative estimate of drug-likeness (QED) is 0.773. The highest BCUT2D eigenvalue weighted by Crippen LogP contribution is 2.32. The Balaban J connectivity index is 2.75. The van der Waals surface area contributed by atoms with E-state index in [1.165, 1.54) is 12.1 Å². The zero-order chi connectivity index (χ0) is 16.2. The van der Waals surface area contributed by atoms with Crippen LogP contribution in [0.2, 0.25) is 10.0 Å². The number of carbonyl (C=O) groups is 1. The van der Waals surface area contributed by atoms with Crippen molar-refractivity contribution in [2.75, 3.05) is 6.54 Å². The first-order valence-corrected chi connectivity index (χ1v) is 7.66. The molecule has 0 aliphatic heterocycles. The summed E-state index contributed by atoms with van der Waals surface area (Å²) >= 11 is 12.0. The van der Waals surface area contributed by atoms with Gasteiger partial charge in [0.25, 0.3) is 0 Å². The average molecular weight is 335 g/mol. The van der Waals surface area contributed by atoms with Crippen molar-refractivity contribution >= 4 is 29.1 Å². The van der Waals surface area contributed by atoms with Crippen LogP contribution in [0, 0.1) is 11.7 Å². The Bertz CT molecular complexity index is 509. The van der Waals surface area contributed by atoms with E-state index in [0.29, 0.717) is 23.0 Å². The highest BCUT2D eigenvalue weighted by atomic mass is 35.5. The summed E-state index contributed by atoms with van der Waals surface area (Å²) in [5, 5.41) is 6.27. The van der Waals surface area contributed by atoms with Gasteiger partial charge in [-0.05, 0) is 31.9 Å². The molecule has 3 nitrogen and oxygen atoms in total. The third-order valence-electron chi connectivity index (χ3n) is 3.09. The molecule has 1 amide bonds. The van der Waals surface area contributed by atoms with Crippen molar-refractivity contribution in [2.45, 2.75) is 39.8 Å². The lowest BCUT2D eigenvalue weighted by molar-refractivity contribution is -0.123. The molecule has 6 heteroatoms. The number of carbonyl (C=O) groups excluding carboxylic acids is 1. The summed E-state index contributed by atoms with van der Waals surface area (Å²) in [4.78, 5) is 11.9. The van der Waals surface area contributed by atoms with Gasteiger partial charge in [0, 0.05) is 23.2 Å². The Labute approximate surface area is 135 Å². The predicted molar refractivity (Wildman–Crippen MR) is 85.3 cm³/mol. The van der Waals surface area contributed by atoms with Gasteiger partial charge in [-0.15, -0.1) is 0 Å². The van der Waals surface area contributed by atoms with Gasteiger partial charge in [-0.2, -0.15) is 0 Å². The minimum Gasteiger partial charge on any atom is -0.354 e. The molecule has 0 saturated carbocycles. The van der Waals surface area contributed by atoms with Gasteiger partial charge in [0.15, 0.2) is 0 Å². The van der Waals surface area contributed by atoms with Crippen molar-refractivity contribution in [2.24, 2.45) is 5.92 Å². The van der Waals surface area contributed by atoms with E-state index in [9.17, 15) is 9.18 Å². The van der Waals surface area contributed by atoms with E-state index in [1.807, 2.05) is 13.8 Å². The highest BCUT2D eigenvalue weighted by molar-refractivity contribution is 6.36. The molecule has 2 atom stereocenters. The third-order valence-corrected chi connectivity index (χ3v) is 3.80. The average Bonchev–Trinajstić information content (AvgIpc) is 2.40. The molecule has 1 aromatic rings. The SMILES string of the molecule is CC(C)CNC(=O)C(C)NC(C)c1c(Cl)ccc(F)c1Cl. The van der Waals surface area contributed by atoms with Crippen molar-refractivity contribution in [3.8, 4) is 0 Å². The van der Waals surface area contributed by atoms with Gasteiger partial charge < -0.3 is 5.32 Å². The summed E-state index contributed by atoms with van der Waals surface area (Å²) in [6.07, 6.45) is 0. The number of nitrogens with one attached hydrogen (secondary N) is 2. The lowest BCUT2D eigenvalue weighted by Crippen LogP contribution is -2.44. The summed E-state index contributed by atoms with van der Waals surface area (Å²) in [6.45, 7) is 8.19. The van der Waals surface area contributed by atoms with Crippen LogP contribution >= 0.6 is 23.2 Å². The van der Waals surface area contributed by atoms with Crippen LogP contribution in [0.4, 0.5) is 4.39 Å². The van der Waals surface area contributed by atoms with Crippen LogP contribution in [0.25, 0.3) is 0 Å². The Kier molecular flexibility index (Phi) is 6.91. The summed E-state index contributed by atoms with van der Waals surface area (Å²) in [6, 6.07) is 1.90. The molecule has 0 bridgehead atoms. The Morgan fingerprint density at radius 3 is 2.43 bits per heavy atom. The summed E-state index contributed by atoms with van der Waals surface area (Å²) < 4.78 is 13.5. The van der Waals surface area contributed by atoms with Crippen molar-refractivity contribution in [1.29, 1.82) is 0 Å². The fourth-order valence-corrected chi connectivity index (χ4v) is 2.63. The molecule has 2 N–H and O–H groups in total. The number of benzene rings is 1. The normalized spacial score (nSPS) is 14.1. The van der Waals surface area contributed by atoms with Crippen LogP contribution in [0.5, 0.6) is 0 Å². The first-order valence-electron chi connectivity index (χ1n) is 6.91. The molecule has 0 aliphatic carbocycles. The van der Waals surface area contributed by atoms with E-state index in [0.717, 1.165) is 0 Å². The molecule has 0 saturated heterocycles. The molecule has 0 spiro atoms. The molecular weight excluding hydrogens is 314 g/mol. The van der Waals surface area contributed by atoms with E-state index in [-0.39, 0.29) is 17.0 Å². The standard InChI is InChI=1S/C15H21Cl2FN2O/c1-8(2)7-19-15(21)10(4)20-9(3)13-11(16)5-6-12(18)14(13)17/h5-6,8-10,20H,7H2,1-4H3,(H,19,21). The van der Waals surface area contributed by atoms with Gasteiger partial charge in [0.05, 0.1) is 11.1 Å². The van der Waals surface area contributed by atoms with Gasteiger partial charge in [-0.25, -0.2) is 4.39 Å². The zero-order valence-corrected chi connectivity index (χ0v) is 14.1. The Morgan fingerprint density at radius 1 is 1.24 bits per heavy atom. The summed E-state index contributed by atoms with van der Waals surface area (Å²) in [5.41, 5.74) is 0.460. The second kappa shape index (κ2) is 7.97. The first kappa shape index (κ1) is 18.2. The monoisotopic (exact) mass is 334 g/mol. The fraction of sp³-hybridized carbons (Fsp3) is 0.533. The van der Waals surface area contributed by atoms with Crippen molar-refractivity contribution in [1.82, 2.24) is 10.6 Å². The highest BCUT2D eigenvalue weighted by Gasteiger charge is 2.21. The maximum absolute atomic E-state index is 13.5. The number of hydrogen-bond acceptors (Lipinski definition) is 2. The van der Waals surface area contributed by atoms with Gasteiger partial charge >= 0.3 is 0 Å². The van der Waals surface area contributed by atoms with E-state index in [1.54, 1.807) is 13.8 Å². The molecule has 0 radical (unpaired) electrons. The largest absolute Gasteiger partial charge is 0.354 e. The molecule has 1 aromatic carbocycles. The van der Waals surface area contributed by atoms with Gasteiger partial charge in [-0.1, -0.05) is 37.0 Å². The molecule has 1 rings (SSSR count). The molecule has 21 heavy (non-hydrogen) atoms. The number of hydrogen-bond donors (Lipinski definition) is 2. The van der Waals surface area contributed by atoms with Crippen molar-refractivity contribution < 1.29 is 9.18 Å². The van der Waals surface area contributed by atoms with E-state index >= 15 is 0 Å². The van der Waals surface area contributed by atoms with Crippen LogP contribution in [0.3, 0.4) is 0 Å². The minimum atomic E-state index is -0.526. The van der Waals surface area contributed by atoms with Crippen LogP contribution in [0.15, 0.2) is 12.1 Å². The van der Waals surface area contributed by atoms with E-state index in [2.05, 4.69) is 10.6 Å². The smallest absolute Gasteiger partial charge is 0.236 e. The van der Waals surface area contributed by atoms with Gasteiger partial charge in [0.2, 0.25) is 5.91 Å². The lowest BCUT2D eigenvalue weighted by atomic mass is 10.1. The topological polar surface area (TPSA) is 41.1 Å². The van der Waals surface area contributed by atoms with Gasteiger partial charge in [0.1, 0.15) is 5.82 Å². The fourth-order valence-electron chi connectivity index (χ4n) is 1.93. The number of rotatable bonds is 6. The molecule has 118 valence electrons. The maximum Gasteiger partial charge on any atom is 0.236 e. The second-order valence-corrected chi connectivity index (χ2v) is 6.29. The van der Waals surface area contributed by atoms with Crippen LogP contribution in [-0.4, -0.2) is 18.5 Å². The van der Waals surface area contributed by atoms with Crippen molar-refractivity contribution in [3.05, 3.63) is 33.6 Å². The van der Waals surface area contributed by atoms with Crippen molar-refractivity contribution in [3.63, 3.8) is 0 Å². The molecule has 0 aliphatic rings. The molecular formula is C15H21Cl2FN2O. The molecule has 0 heterocycles. The number of amides is 1. The second-order valence-electron chi connectivity index (χ2n) is 5.51.